The van der Waals surface area contributed by atoms with E-state index < -0.39 is 0 Å². The van der Waals surface area contributed by atoms with Crippen molar-refractivity contribution in [3.8, 4) is 6.07 Å². The van der Waals surface area contributed by atoms with Gasteiger partial charge in [-0.1, -0.05) is 11.8 Å². The number of allylic oxidation sites excluding steroid dienone is 2. The van der Waals surface area contributed by atoms with Gasteiger partial charge in [-0.2, -0.15) is 5.26 Å². The maximum Gasteiger partial charge on any atom is 0.185 e. The molecule has 1 heterocycles. The first-order valence-corrected chi connectivity index (χ1v) is 6.67. The predicted octanol–water partition coefficient (Wildman–Crippen LogP) is 1.64. The van der Waals surface area contributed by atoms with E-state index in [1.165, 1.54) is 24.6 Å². The van der Waals surface area contributed by atoms with Gasteiger partial charge < -0.3 is 10.3 Å². The summed E-state index contributed by atoms with van der Waals surface area (Å²) in [5.41, 5.74) is 5.81. The van der Waals surface area contributed by atoms with Gasteiger partial charge in [0.05, 0.1) is 5.75 Å². The van der Waals surface area contributed by atoms with Crippen LogP contribution in [0.4, 0.5) is 0 Å². The summed E-state index contributed by atoms with van der Waals surface area (Å²) in [6.07, 6.45) is 6.01. The van der Waals surface area contributed by atoms with E-state index in [1.54, 1.807) is 13.1 Å². The number of carbonyl (C=O) groups excluding carboxylic acids is 1. The van der Waals surface area contributed by atoms with Crippen molar-refractivity contribution in [1.82, 2.24) is 9.55 Å². The second-order valence-corrected chi connectivity index (χ2v) is 5.17. The van der Waals surface area contributed by atoms with Crippen LogP contribution in [0.25, 0.3) is 0 Å². The Hall–Kier alpha value is -1.74. The predicted molar refractivity (Wildman–Crippen MR) is 68.7 cm³/mol. The summed E-state index contributed by atoms with van der Waals surface area (Å²) in [4.78, 5) is 16.0. The quantitative estimate of drug-likeness (QED) is 0.495. The van der Waals surface area contributed by atoms with Gasteiger partial charge in [-0.25, -0.2) is 4.98 Å². The normalized spacial score (nSPS) is 16.0. The summed E-state index contributed by atoms with van der Waals surface area (Å²) in [6.45, 7) is 1.56. The second kappa shape index (κ2) is 5.27. The first kappa shape index (κ1) is 12.7. The fourth-order valence-corrected chi connectivity index (χ4v) is 2.51. The number of carbonyl (C=O) groups is 1. The summed E-state index contributed by atoms with van der Waals surface area (Å²) in [6, 6.07) is 2.38. The van der Waals surface area contributed by atoms with Crippen molar-refractivity contribution < 1.29 is 4.79 Å². The smallest absolute Gasteiger partial charge is 0.185 e. The third-order valence-electron chi connectivity index (χ3n) is 2.69. The highest BCUT2D eigenvalue weighted by atomic mass is 32.2. The van der Waals surface area contributed by atoms with Crippen molar-refractivity contribution in [2.45, 2.75) is 31.0 Å². The SMILES string of the molecule is C/C(N)=C(/C#N)C(=O)CSc1nccn1C1CC1. The Kier molecular flexibility index (Phi) is 3.72. The molecule has 1 aromatic heterocycles. The number of nitriles is 1. The summed E-state index contributed by atoms with van der Waals surface area (Å²) < 4.78 is 2.09. The minimum Gasteiger partial charge on any atom is -0.401 e. The third kappa shape index (κ3) is 2.74. The second-order valence-electron chi connectivity index (χ2n) is 4.23. The van der Waals surface area contributed by atoms with Gasteiger partial charge >= 0.3 is 0 Å². The summed E-state index contributed by atoms with van der Waals surface area (Å²) in [7, 11) is 0. The van der Waals surface area contributed by atoms with E-state index >= 15 is 0 Å². The van der Waals surface area contributed by atoms with Gasteiger partial charge in [0.25, 0.3) is 0 Å². The van der Waals surface area contributed by atoms with Crippen molar-refractivity contribution >= 4 is 17.5 Å². The highest BCUT2D eigenvalue weighted by Gasteiger charge is 2.26. The van der Waals surface area contributed by atoms with E-state index in [-0.39, 0.29) is 22.8 Å². The van der Waals surface area contributed by atoms with Gasteiger partial charge in [0.1, 0.15) is 11.6 Å². The van der Waals surface area contributed by atoms with E-state index in [9.17, 15) is 4.79 Å². The topological polar surface area (TPSA) is 84.7 Å². The molecule has 0 radical (unpaired) electrons. The van der Waals surface area contributed by atoms with Crippen LogP contribution in [-0.2, 0) is 4.79 Å². The number of hydrogen-bond acceptors (Lipinski definition) is 5. The molecule has 1 aliphatic rings. The zero-order chi connectivity index (χ0) is 13.1. The molecule has 0 spiro atoms. The number of imidazole rings is 1. The average molecular weight is 262 g/mol. The number of rotatable bonds is 5. The molecule has 0 saturated heterocycles. The monoisotopic (exact) mass is 262 g/mol. The molecule has 2 rings (SSSR count). The summed E-state index contributed by atoms with van der Waals surface area (Å²) >= 11 is 1.35. The molecule has 94 valence electrons. The van der Waals surface area contributed by atoms with Crippen molar-refractivity contribution in [2.75, 3.05) is 5.75 Å². The van der Waals surface area contributed by atoms with Gasteiger partial charge in [-0.05, 0) is 19.8 Å². The molecule has 0 aromatic carbocycles. The highest BCUT2D eigenvalue weighted by Crippen LogP contribution is 2.37. The maximum atomic E-state index is 11.8. The highest BCUT2D eigenvalue weighted by molar-refractivity contribution is 7.99. The molecule has 0 aliphatic heterocycles. The van der Waals surface area contributed by atoms with Crippen LogP contribution >= 0.6 is 11.8 Å². The van der Waals surface area contributed by atoms with Crippen molar-refractivity contribution in [2.24, 2.45) is 5.73 Å². The van der Waals surface area contributed by atoms with E-state index in [1.807, 2.05) is 12.3 Å². The Balaban J connectivity index is 2.00. The largest absolute Gasteiger partial charge is 0.401 e. The van der Waals surface area contributed by atoms with Crippen molar-refractivity contribution in [3.05, 3.63) is 23.7 Å². The number of nitrogens with two attached hydrogens (primary N) is 1. The minimum atomic E-state index is -0.243. The Morgan fingerprint density at radius 1 is 1.72 bits per heavy atom. The number of hydrogen-bond donors (Lipinski definition) is 1. The third-order valence-corrected chi connectivity index (χ3v) is 3.67. The number of Topliss-reactive ketones (excluding diaryl/α,β-unsaturated/α-hetero) is 1. The molecule has 6 heteroatoms. The molecule has 0 unspecified atom stereocenters. The van der Waals surface area contributed by atoms with E-state index in [0.717, 1.165) is 5.16 Å². The number of thioether (sulfide) groups is 1. The molecule has 2 N–H and O–H groups in total. The molecule has 1 fully saturated rings. The standard InChI is InChI=1S/C12H14N4OS/c1-8(14)10(6-13)11(17)7-18-12-15-4-5-16(12)9-2-3-9/h4-5,9H,2-3,7,14H2,1H3/b10-8+. The van der Waals surface area contributed by atoms with Crippen LogP contribution in [0.5, 0.6) is 0 Å². The van der Waals surface area contributed by atoms with Crippen molar-refractivity contribution in [3.63, 3.8) is 0 Å². The first-order chi connectivity index (χ1) is 8.63. The van der Waals surface area contributed by atoms with Crippen LogP contribution in [-0.4, -0.2) is 21.1 Å². The zero-order valence-electron chi connectivity index (χ0n) is 10.1. The Bertz CT molecular complexity index is 533. The van der Waals surface area contributed by atoms with Gasteiger partial charge in [-0.15, -0.1) is 0 Å². The summed E-state index contributed by atoms with van der Waals surface area (Å²) in [5, 5.41) is 9.67. The van der Waals surface area contributed by atoms with Gasteiger partial charge in [0.2, 0.25) is 0 Å². The maximum absolute atomic E-state index is 11.8. The van der Waals surface area contributed by atoms with E-state index in [2.05, 4.69) is 9.55 Å². The van der Waals surface area contributed by atoms with Crippen LogP contribution < -0.4 is 5.73 Å². The van der Waals surface area contributed by atoms with Crippen LogP contribution in [0.2, 0.25) is 0 Å². The Labute approximate surface area is 110 Å². The van der Waals surface area contributed by atoms with Crippen molar-refractivity contribution in [1.29, 1.82) is 5.26 Å². The lowest BCUT2D eigenvalue weighted by Crippen LogP contribution is -2.10. The van der Waals surface area contributed by atoms with Crippen LogP contribution in [0.15, 0.2) is 28.8 Å². The fourth-order valence-electron chi connectivity index (χ4n) is 1.61. The molecule has 5 nitrogen and oxygen atoms in total. The fraction of sp³-hybridized carbons (Fsp3) is 0.417. The molecule has 0 amide bonds. The minimum absolute atomic E-state index is 0.0482. The molecule has 18 heavy (non-hydrogen) atoms. The van der Waals surface area contributed by atoms with E-state index in [4.69, 9.17) is 11.0 Å². The van der Waals surface area contributed by atoms with Gasteiger partial charge in [-0.3, -0.25) is 4.79 Å². The molecule has 1 saturated carbocycles. The lowest BCUT2D eigenvalue weighted by atomic mass is 10.2. The van der Waals surface area contributed by atoms with E-state index in [0.29, 0.717) is 6.04 Å². The molecular formula is C12H14N4OS. The molecular weight excluding hydrogens is 248 g/mol. The molecule has 1 aromatic rings. The zero-order valence-corrected chi connectivity index (χ0v) is 10.9. The molecule has 0 bridgehead atoms. The number of nitrogens with zero attached hydrogens (tertiary/aromatic N) is 3. The average Bonchev–Trinajstić information content (AvgIpc) is 3.06. The van der Waals surface area contributed by atoms with Crippen LogP contribution in [0.1, 0.15) is 25.8 Å². The lowest BCUT2D eigenvalue weighted by molar-refractivity contribution is -0.112. The Morgan fingerprint density at radius 3 is 3.00 bits per heavy atom. The number of aromatic nitrogens is 2. The van der Waals surface area contributed by atoms with Crippen LogP contribution in [0, 0.1) is 11.3 Å². The van der Waals surface area contributed by atoms with Gasteiger partial charge in [0.15, 0.2) is 10.9 Å². The lowest BCUT2D eigenvalue weighted by Gasteiger charge is -2.05. The molecule has 0 atom stereocenters. The first-order valence-electron chi connectivity index (χ1n) is 5.68. The van der Waals surface area contributed by atoms with Gasteiger partial charge in [0, 0.05) is 24.1 Å². The Morgan fingerprint density at radius 2 is 2.44 bits per heavy atom. The number of ketones is 1. The molecule has 1 aliphatic carbocycles. The summed E-state index contributed by atoms with van der Waals surface area (Å²) in [5.74, 6) is -0.0471. The van der Waals surface area contributed by atoms with Crippen LogP contribution in [0.3, 0.4) is 0 Å².